The van der Waals surface area contributed by atoms with Crippen LogP contribution in [-0.4, -0.2) is 117 Å². The molecule has 3 aliphatic heterocycles. The predicted octanol–water partition coefficient (Wildman–Crippen LogP) is 4.68. The summed E-state index contributed by atoms with van der Waals surface area (Å²) in [7, 11) is 6.08. The van der Waals surface area contributed by atoms with Crippen molar-refractivity contribution in [2.75, 3.05) is 46.3 Å². The van der Waals surface area contributed by atoms with E-state index in [1.165, 1.54) is 24.0 Å². The number of aliphatic hydroxyl groups is 1. The minimum absolute atomic E-state index is 0.0449. The van der Waals surface area contributed by atoms with E-state index in [9.17, 15) is 24.3 Å². The summed E-state index contributed by atoms with van der Waals surface area (Å²) in [6, 6.07) is 2.65. The number of hydrogen-bond acceptors (Lipinski definition) is 11. The van der Waals surface area contributed by atoms with Crippen molar-refractivity contribution in [1.82, 2.24) is 15.5 Å². The highest BCUT2D eigenvalue weighted by molar-refractivity contribution is 6.35. The lowest BCUT2D eigenvalue weighted by Crippen LogP contribution is -2.63. The van der Waals surface area contributed by atoms with Crippen LogP contribution in [0, 0.1) is 5.92 Å². The highest BCUT2D eigenvalue weighted by atomic mass is 35.5. The molecule has 15 heteroatoms. The molecule has 0 saturated carbocycles. The van der Waals surface area contributed by atoms with Crippen LogP contribution in [0.3, 0.4) is 0 Å². The normalized spacial score (nSPS) is 30.5. The van der Waals surface area contributed by atoms with E-state index in [4.69, 9.17) is 35.3 Å². The quantitative estimate of drug-likeness (QED) is 0.153. The fourth-order valence-corrected chi connectivity index (χ4v) is 7.59. The maximum absolute atomic E-state index is 14.2. The van der Waals surface area contributed by atoms with Crippen molar-refractivity contribution >= 4 is 41.2 Å². The number of amides is 3. The molecule has 55 heavy (non-hydrogen) atoms. The molecule has 4 bridgehead atoms. The van der Waals surface area contributed by atoms with E-state index in [-0.39, 0.29) is 30.2 Å². The minimum Gasteiger partial charge on any atom is -0.495 e. The van der Waals surface area contributed by atoms with Crippen molar-refractivity contribution in [2.45, 2.75) is 121 Å². The second-order valence-corrected chi connectivity index (χ2v) is 15.4. The van der Waals surface area contributed by atoms with Gasteiger partial charge in [0.15, 0.2) is 5.72 Å². The maximum atomic E-state index is 14.2. The highest BCUT2D eigenvalue weighted by Gasteiger charge is 2.64. The van der Waals surface area contributed by atoms with Gasteiger partial charge in [-0.25, -0.2) is 9.59 Å². The molecule has 14 nitrogen and oxygen atoms in total. The van der Waals surface area contributed by atoms with Crippen molar-refractivity contribution < 1.29 is 48.0 Å². The Bertz CT molecular complexity index is 1620. The first-order valence-corrected chi connectivity index (χ1v) is 19.4. The Hall–Kier alpha value is -3.69. The van der Waals surface area contributed by atoms with Crippen LogP contribution in [0.1, 0.15) is 78.7 Å². The summed E-state index contributed by atoms with van der Waals surface area (Å²) in [5, 5.41) is 17.8. The van der Waals surface area contributed by atoms with Gasteiger partial charge < -0.3 is 43.9 Å². The van der Waals surface area contributed by atoms with E-state index in [0.29, 0.717) is 24.3 Å². The van der Waals surface area contributed by atoms with Crippen LogP contribution in [0.2, 0.25) is 5.02 Å². The number of epoxide rings is 1. The van der Waals surface area contributed by atoms with Crippen LogP contribution >= 0.6 is 11.6 Å². The van der Waals surface area contributed by atoms with Crippen LogP contribution in [-0.2, 0) is 39.8 Å². The number of allylic oxidation sites excluding steroid dienone is 3. The lowest BCUT2D eigenvalue weighted by molar-refractivity contribution is -0.162. The third-order valence-electron chi connectivity index (χ3n) is 11.0. The fourth-order valence-electron chi connectivity index (χ4n) is 7.27. The number of alkyl carbamates (subject to hydrolysis) is 1. The summed E-state index contributed by atoms with van der Waals surface area (Å²) < 4.78 is 29.3. The predicted molar refractivity (Wildman–Crippen MR) is 208 cm³/mol. The third-order valence-corrected chi connectivity index (χ3v) is 11.4. The number of hydrogen-bond donors (Lipinski definition) is 3. The number of carbonyl (C=O) groups is 4. The number of nitrogens with one attached hydrogen (secondary N) is 2. The van der Waals surface area contributed by atoms with Crippen LogP contribution in [0.15, 0.2) is 35.9 Å². The average molecular weight is 791 g/mol. The van der Waals surface area contributed by atoms with Crippen molar-refractivity contribution in [3.05, 3.63) is 46.5 Å². The van der Waals surface area contributed by atoms with Gasteiger partial charge in [-0.3, -0.25) is 14.9 Å². The maximum Gasteiger partial charge on any atom is 0.409 e. The summed E-state index contributed by atoms with van der Waals surface area (Å²) in [5.74, 6) is -1.46. The second kappa shape index (κ2) is 19.0. The molecule has 0 aliphatic carbocycles. The van der Waals surface area contributed by atoms with E-state index in [2.05, 4.69) is 10.6 Å². The number of unbranched alkanes of at least 4 members (excludes halogenated alkanes) is 2. The van der Waals surface area contributed by atoms with Crippen molar-refractivity contribution in [2.24, 2.45) is 5.92 Å². The molecule has 1 aromatic rings. The van der Waals surface area contributed by atoms with Crippen molar-refractivity contribution in [3.63, 3.8) is 0 Å². The van der Waals surface area contributed by atoms with Gasteiger partial charge >= 0.3 is 12.1 Å². The van der Waals surface area contributed by atoms with Gasteiger partial charge in [0, 0.05) is 40.0 Å². The Balaban J connectivity index is 1.68. The molecule has 0 radical (unpaired) electrons. The Kier molecular flexibility index (Phi) is 15.2. The van der Waals surface area contributed by atoms with Crippen LogP contribution < -0.4 is 20.3 Å². The van der Waals surface area contributed by atoms with E-state index in [1.54, 1.807) is 52.2 Å². The number of methoxy groups -OCH3 is 2. The number of rotatable bonds is 12. The van der Waals surface area contributed by atoms with E-state index in [1.807, 2.05) is 26.8 Å². The Morgan fingerprint density at radius 1 is 1.22 bits per heavy atom. The molecule has 2 fully saturated rings. The number of benzene rings is 1. The van der Waals surface area contributed by atoms with Gasteiger partial charge in [0.2, 0.25) is 11.8 Å². The number of anilines is 1. The van der Waals surface area contributed by atoms with Gasteiger partial charge in [-0.2, -0.15) is 0 Å². The fraction of sp³-hybridized carbons (Fsp3) is 0.650. The van der Waals surface area contributed by atoms with Crippen LogP contribution in [0.5, 0.6) is 5.75 Å². The zero-order valence-corrected chi connectivity index (χ0v) is 34.4. The number of nitrogens with zero attached hydrogens (tertiary/aromatic N) is 2. The highest BCUT2D eigenvalue weighted by Crippen LogP contribution is 2.49. The summed E-state index contributed by atoms with van der Waals surface area (Å²) in [6.45, 7) is 10.9. The van der Waals surface area contributed by atoms with Crippen molar-refractivity contribution in [1.29, 1.82) is 0 Å². The third kappa shape index (κ3) is 10.6. The van der Waals surface area contributed by atoms with E-state index in [0.717, 1.165) is 37.1 Å². The summed E-state index contributed by atoms with van der Waals surface area (Å²) in [5.41, 5.74) is -0.884. The van der Waals surface area contributed by atoms with Crippen LogP contribution in [0.4, 0.5) is 10.5 Å². The Morgan fingerprint density at radius 2 is 1.95 bits per heavy atom. The lowest BCUT2D eigenvalue weighted by atomic mass is 9.83. The Labute approximate surface area is 329 Å². The molecule has 3 aliphatic rings. The molecule has 8 atom stereocenters. The van der Waals surface area contributed by atoms with Gasteiger partial charge in [-0.05, 0) is 70.8 Å². The van der Waals surface area contributed by atoms with E-state index < -0.39 is 65.7 Å². The number of likely N-dealkylation sites (N-methyl/N-ethyl adjacent to an activating group) is 1. The van der Waals surface area contributed by atoms with Gasteiger partial charge in [-0.1, -0.05) is 55.7 Å². The van der Waals surface area contributed by atoms with Gasteiger partial charge in [-0.15, -0.1) is 0 Å². The number of ether oxygens (including phenoxy) is 5. The first-order valence-electron chi connectivity index (χ1n) is 19.0. The number of fused-ring (bicyclic) bond motifs is 5. The molecule has 0 spiro atoms. The summed E-state index contributed by atoms with van der Waals surface area (Å²) in [4.78, 5) is 56.7. The van der Waals surface area contributed by atoms with Gasteiger partial charge in [0.25, 0.3) is 0 Å². The summed E-state index contributed by atoms with van der Waals surface area (Å²) >= 11 is 6.77. The molecule has 306 valence electrons. The minimum atomic E-state index is -1.82. The lowest BCUT2D eigenvalue weighted by Gasteiger charge is -2.42. The molecular formula is C40H59ClN4O10. The smallest absolute Gasteiger partial charge is 0.409 e. The largest absolute Gasteiger partial charge is 0.495 e. The monoisotopic (exact) mass is 790 g/mol. The number of esters is 1. The van der Waals surface area contributed by atoms with Crippen LogP contribution in [0.25, 0.3) is 0 Å². The zero-order chi connectivity index (χ0) is 40.7. The second-order valence-electron chi connectivity index (χ2n) is 15.1. The van der Waals surface area contributed by atoms with E-state index >= 15 is 0 Å². The van der Waals surface area contributed by atoms with Gasteiger partial charge in [0.05, 0.1) is 25.3 Å². The molecule has 0 aromatic heterocycles. The number of carbonyl (C=O) groups excluding carboxylic acids is 4. The molecule has 2 saturated heterocycles. The molecule has 3 amide bonds. The summed E-state index contributed by atoms with van der Waals surface area (Å²) in [6.07, 6.45) is 3.81. The molecule has 3 heterocycles. The number of halogens is 1. The molecule has 3 N–H and O–H groups in total. The Morgan fingerprint density at radius 3 is 2.62 bits per heavy atom. The molecule has 1 aromatic carbocycles. The first-order chi connectivity index (χ1) is 26.0. The standard InChI is InChI=1S/C40H59ClN4O10/c1-10-42-18-13-11-12-17-33(46)44(6)26(4)37(48)54-32-22-34(47)45(7)28-20-27(21-29(51-8)35(28)41)19-24(2)15-14-16-31(52-9)40(50)23-30(53-38(49)43-40)25(3)36-39(32,5)55-36/h14-16,20-21,25-26,30-32,36,42,50H,10-13,17-19,22-23H2,1-9H3,(H,43,49)/b16-14+,24-15+/t25-,26+,30+,31-,32+,36+,39+,40+/m1/s1. The molecular weight excluding hydrogens is 732 g/mol. The zero-order valence-electron chi connectivity index (χ0n) is 33.6. The van der Waals surface area contributed by atoms with Crippen molar-refractivity contribution in [3.8, 4) is 5.75 Å². The van der Waals surface area contributed by atoms with Gasteiger partial charge in [0.1, 0.15) is 40.7 Å². The first kappa shape index (κ1) is 44.0. The SMILES string of the molecule is CCNCCCCCC(=O)N(C)[C@@H](C)C(=O)O[C@H]1CC(=O)N(C)c2cc(cc(OC)c2Cl)C/C(C)=C/C=C/[C@@H](OC)[C@@]2(O)C[C@H](OC(=O)N2)[C@@H](C)[C@@H]2O[C@@]12C. The average Bonchev–Trinajstić information content (AvgIpc) is 3.84. The molecule has 0 unspecified atom stereocenters. The molecule has 4 rings (SSSR count). The topological polar surface area (TPSA) is 169 Å².